The molecular weight excluding hydrogens is 296 g/mol. The van der Waals surface area contributed by atoms with Gasteiger partial charge in [0.15, 0.2) is 12.0 Å². The van der Waals surface area contributed by atoms with Gasteiger partial charge >= 0.3 is 5.97 Å². The molecule has 1 saturated heterocycles. The maximum Gasteiger partial charge on any atom is 0.336 e. The first-order chi connectivity index (χ1) is 11.1. The van der Waals surface area contributed by atoms with Gasteiger partial charge in [0, 0.05) is 37.4 Å². The number of benzene rings is 1. The van der Waals surface area contributed by atoms with Crippen LogP contribution < -0.4 is 4.90 Å². The van der Waals surface area contributed by atoms with Gasteiger partial charge in [-0.3, -0.25) is 4.79 Å². The first-order valence-electron chi connectivity index (χ1n) is 7.44. The molecule has 1 aliphatic rings. The molecule has 6 nitrogen and oxygen atoms in total. The fourth-order valence-electron chi connectivity index (χ4n) is 2.75. The van der Waals surface area contributed by atoms with Crippen molar-refractivity contribution in [3.8, 4) is 11.3 Å². The van der Waals surface area contributed by atoms with Crippen LogP contribution in [-0.2, 0) is 0 Å². The van der Waals surface area contributed by atoms with Crippen molar-refractivity contribution < 1.29 is 19.1 Å². The smallest absolute Gasteiger partial charge is 0.336 e. The molecule has 0 atom stereocenters. The highest BCUT2D eigenvalue weighted by molar-refractivity contribution is 5.96. The number of carbonyl (C=O) groups excluding carboxylic acids is 1. The van der Waals surface area contributed by atoms with Crippen molar-refractivity contribution in [1.82, 2.24) is 4.90 Å². The molecule has 2 aromatic rings. The molecule has 1 aromatic heterocycles. The van der Waals surface area contributed by atoms with Crippen LogP contribution in [0.4, 0.5) is 5.69 Å². The number of nitrogens with zero attached hydrogens (tertiary/aromatic N) is 2. The first kappa shape index (κ1) is 15.3. The second kappa shape index (κ2) is 6.26. The molecule has 0 unspecified atom stereocenters. The number of hydrogen-bond donors (Lipinski definition) is 1. The van der Waals surface area contributed by atoms with Crippen LogP contribution in [0.5, 0.6) is 0 Å². The Kier molecular flexibility index (Phi) is 4.16. The maximum atomic E-state index is 11.6. The van der Waals surface area contributed by atoms with E-state index >= 15 is 0 Å². The number of carboxylic acid groups (broad SMARTS) is 1. The topological polar surface area (TPSA) is 74.0 Å². The van der Waals surface area contributed by atoms with Crippen molar-refractivity contribution in [1.29, 1.82) is 0 Å². The van der Waals surface area contributed by atoms with Crippen LogP contribution in [0, 0.1) is 0 Å². The van der Waals surface area contributed by atoms with E-state index in [2.05, 4.69) is 16.8 Å². The highest BCUT2D eigenvalue weighted by Gasteiger charge is 2.19. The van der Waals surface area contributed by atoms with Gasteiger partial charge < -0.3 is 19.3 Å². The third-order valence-electron chi connectivity index (χ3n) is 4.11. The van der Waals surface area contributed by atoms with E-state index in [1.54, 1.807) is 18.2 Å². The third-order valence-corrected chi connectivity index (χ3v) is 4.11. The predicted molar refractivity (Wildman–Crippen MR) is 86.2 cm³/mol. The van der Waals surface area contributed by atoms with Crippen molar-refractivity contribution >= 4 is 17.9 Å². The number of furan rings is 1. The Labute approximate surface area is 133 Å². The Morgan fingerprint density at radius 3 is 2.52 bits per heavy atom. The number of anilines is 1. The predicted octanol–water partition coefficient (Wildman–Crippen LogP) is 2.21. The number of hydrogen-bond acceptors (Lipinski definition) is 5. The van der Waals surface area contributed by atoms with Crippen LogP contribution in [-0.4, -0.2) is 55.5 Å². The quantitative estimate of drug-likeness (QED) is 0.872. The molecule has 1 aromatic carbocycles. The van der Waals surface area contributed by atoms with Crippen LogP contribution in [0.3, 0.4) is 0 Å². The highest BCUT2D eigenvalue weighted by Crippen LogP contribution is 2.29. The first-order valence-corrected chi connectivity index (χ1v) is 7.44. The summed E-state index contributed by atoms with van der Waals surface area (Å²) in [5.74, 6) is -0.450. The molecule has 2 heterocycles. The Hall–Kier alpha value is -2.60. The minimum absolute atomic E-state index is 0.174. The van der Waals surface area contributed by atoms with Crippen molar-refractivity contribution in [2.75, 3.05) is 38.1 Å². The van der Waals surface area contributed by atoms with E-state index in [1.807, 2.05) is 6.07 Å². The van der Waals surface area contributed by atoms with Gasteiger partial charge in [-0.1, -0.05) is 0 Å². The lowest BCUT2D eigenvalue weighted by atomic mass is 10.0. The standard InChI is InChI=1S/C17H18N2O4/c1-18-6-8-19(9-7-18)12-2-4-14(15(10-12)17(21)22)16-5-3-13(11-20)23-16/h2-5,10-11H,6-9H2,1H3,(H,21,22). The maximum absolute atomic E-state index is 11.6. The lowest BCUT2D eigenvalue weighted by molar-refractivity contribution is 0.0697. The van der Waals surface area contributed by atoms with Gasteiger partial charge in [-0.2, -0.15) is 0 Å². The van der Waals surface area contributed by atoms with E-state index in [-0.39, 0.29) is 11.3 Å². The van der Waals surface area contributed by atoms with E-state index in [1.165, 1.54) is 6.07 Å². The summed E-state index contributed by atoms with van der Waals surface area (Å²) < 4.78 is 5.36. The minimum atomic E-state index is -1.01. The van der Waals surface area contributed by atoms with Crippen LogP contribution >= 0.6 is 0 Å². The molecule has 6 heteroatoms. The molecule has 1 fully saturated rings. The highest BCUT2D eigenvalue weighted by atomic mass is 16.4. The number of likely N-dealkylation sites (N-methyl/N-ethyl adjacent to an activating group) is 1. The fraction of sp³-hybridized carbons (Fsp3) is 0.294. The molecule has 23 heavy (non-hydrogen) atoms. The molecule has 120 valence electrons. The van der Waals surface area contributed by atoms with Gasteiger partial charge in [-0.05, 0) is 37.4 Å². The van der Waals surface area contributed by atoms with Crippen molar-refractivity contribution in [3.63, 3.8) is 0 Å². The minimum Gasteiger partial charge on any atom is -0.478 e. The molecule has 0 saturated carbocycles. The average Bonchev–Trinajstić information content (AvgIpc) is 3.04. The normalized spacial score (nSPS) is 15.6. The van der Waals surface area contributed by atoms with Gasteiger partial charge in [-0.15, -0.1) is 0 Å². The summed E-state index contributed by atoms with van der Waals surface area (Å²) in [6, 6.07) is 8.45. The van der Waals surface area contributed by atoms with Crippen LogP contribution in [0.1, 0.15) is 20.9 Å². The summed E-state index contributed by atoms with van der Waals surface area (Å²) in [5.41, 5.74) is 1.54. The van der Waals surface area contributed by atoms with Gasteiger partial charge in [-0.25, -0.2) is 4.79 Å². The summed E-state index contributed by atoms with van der Waals surface area (Å²) in [6.07, 6.45) is 0.600. The Bertz CT molecular complexity index is 730. The Morgan fingerprint density at radius 2 is 1.91 bits per heavy atom. The average molecular weight is 314 g/mol. The number of carboxylic acids is 1. The molecule has 0 radical (unpaired) electrons. The lowest BCUT2D eigenvalue weighted by Gasteiger charge is -2.34. The number of aromatic carboxylic acids is 1. The molecule has 1 N–H and O–H groups in total. The van der Waals surface area contributed by atoms with Crippen molar-refractivity contribution in [2.24, 2.45) is 0 Å². The van der Waals surface area contributed by atoms with E-state index in [9.17, 15) is 14.7 Å². The zero-order valence-corrected chi connectivity index (χ0v) is 12.9. The van der Waals surface area contributed by atoms with Crippen LogP contribution in [0.2, 0.25) is 0 Å². The van der Waals surface area contributed by atoms with E-state index in [0.717, 1.165) is 31.9 Å². The number of carbonyl (C=O) groups is 2. The fourth-order valence-corrected chi connectivity index (χ4v) is 2.75. The van der Waals surface area contributed by atoms with E-state index in [0.29, 0.717) is 17.6 Å². The molecule has 0 aliphatic carbocycles. The third kappa shape index (κ3) is 3.12. The Morgan fingerprint density at radius 1 is 1.17 bits per heavy atom. The van der Waals surface area contributed by atoms with E-state index < -0.39 is 5.97 Å². The largest absolute Gasteiger partial charge is 0.478 e. The summed E-state index contributed by atoms with van der Waals surface area (Å²) in [5, 5.41) is 9.52. The Balaban J connectivity index is 1.95. The summed E-state index contributed by atoms with van der Waals surface area (Å²) >= 11 is 0. The van der Waals surface area contributed by atoms with Gasteiger partial charge in [0.25, 0.3) is 0 Å². The molecule has 0 bridgehead atoms. The lowest BCUT2D eigenvalue weighted by Crippen LogP contribution is -2.44. The monoisotopic (exact) mass is 314 g/mol. The molecule has 3 rings (SSSR count). The second-order valence-electron chi connectivity index (χ2n) is 5.65. The van der Waals surface area contributed by atoms with Gasteiger partial charge in [0.1, 0.15) is 5.76 Å². The molecule has 0 spiro atoms. The van der Waals surface area contributed by atoms with Crippen LogP contribution in [0.15, 0.2) is 34.7 Å². The molecule has 0 amide bonds. The number of aldehydes is 1. The van der Waals surface area contributed by atoms with Crippen LogP contribution in [0.25, 0.3) is 11.3 Å². The molecular formula is C17H18N2O4. The van der Waals surface area contributed by atoms with Crippen molar-refractivity contribution in [2.45, 2.75) is 0 Å². The van der Waals surface area contributed by atoms with Gasteiger partial charge in [0.2, 0.25) is 0 Å². The zero-order valence-electron chi connectivity index (χ0n) is 12.9. The summed E-state index contributed by atoms with van der Waals surface area (Å²) in [6.45, 7) is 3.63. The van der Waals surface area contributed by atoms with E-state index in [4.69, 9.17) is 4.42 Å². The zero-order chi connectivity index (χ0) is 16.4. The van der Waals surface area contributed by atoms with Crippen molar-refractivity contribution in [3.05, 3.63) is 41.7 Å². The second-order valence-corrected chi connectivity index (χ2v) is 5.65. The number of piperazine rings is 1. The summed E-state index contributed by atoms with van der Waals surface area (Å²) in [7, 11) is 2.07. The summed E-state index contributed by atoms with van der Waals surface area (Å²) in [4.78, 5) is 26.8. The molecule has 1 aliphatic heterocycles. The number of rotatable bonds is 4. The van der Waals surface area contributed by atoms with Gasteiger partial charge in [0.05, 0.1) is 5.56 Å². The SMILES string of the molecule is CN1CCN(c2ccc(-c3ccc(C=O)o3)c(C(=O)O)c2)CC1.